The molecule has 6 heteroatoms. The Morgan fingerprint density at radius 3 is 2.19 bits per heavy atom. The molecule has 0 atom stereocenters. The first-order valence-electron chi connectivity index (χ1n) is 6.38. The topological polar surface area (TPSA) is 64.8 Å². The molecule has 106 valence electrons. The van der Waals surface area contributed by atoms with E-state index in [0.717, 1.165) is 5.56 Å². The molecule has 21 heavy (non-hydrogen) atoms. The molecule has 2 aromatic carbocycles. The zero-order valence-corrected chi connectivity index (χ0v) is 11.9. The fourth-order valence-corrected chi connectivity index (χ4v) is 3.17. The SMILES string of the molecule is O=S(=O)(Cn1cc(-c2ccccc2)nn1)c1ccccc1. The van der Waals surface area contributed by atoms with Crippen molar-refractivity contribution < 1.29 is 8.42 Å². The summed E-state index contributed by atoms with van der Waals surface area (Å²) < 4.78 is 25.9. The first-order chi connectivity index (χ1) is 10.1. The number of rotatable bonds is 4. The molecule has 0 radical (unpaired) electrons. The summed E-state index contributed by atoms with van der Waals surface area (Å²) in [6.45, 7) is 0. The van der Waals surface area contributed by atoms with Crippen LogP contribution in [0.5, 0.6) is 0 Å². The molecule has 0 spiro atoms. The lowest BCUT2D eigenvalue weighted by molar-refractivity contribution is 0.571. The molecule has 0 saturated carbocycles. The minimum absolute atomic E-state index is 0.225. The molecule has 0 amide bonds. The minimum Gasteiger partial charge on any atom is -0.236 e. The van der Waals surface area contributed by atoms with Crippen LogP contribution in [-0.2, 0) is 15.7 Å². The van der Waals surface area contributed by atoms with Crippen LogP contribution in [0.3, 0.4) is 0 Å². The van der Waals surface area contributed by atoms with Gasteiger partial charge < -0.3 is 0 Å². The largest absolute Gasteiger partial charge is 0.236 e. The van der Waals surface area contributed by atoms with Crippen molar-refractivity contribution in [1.29, 1.82) is 0 Å². The molecule has 3 rings (SSSR count). The molecule has 0 aliphatic carbocycles. The third-order valence-corrected chi connectivity index (χ3v) is 4.61. The Hall–Kier alpha value is -2.47. The number of sulfone groups is 1. The van der Waals surface area contributed by atoms with Crippen LogP contribution in [0.1, 0.15) is 0 Å². The average molecular weight is 299 g/mol. The number of aromatic nitrogens is 3. The highest BCUT2D eigenvalue weighted by molar-refractivity contribution is 7.90. The smallest absolute Gasteiger partial charge is 0.198 e. The quantitative estimate of drug-likeness (QED) is 0.742. The Kier molecular flexibility index (Phi) is 3.53. The second-order valence-electron chi connectivity index (χ2n) is 4.57. The summed E-state index contributed by atoms with van der Waals surface area (Å²) in [7, 11) is -3.42. The number of hydrogen-bond donors (Lipinski definition) is 0. The van der Waals surface area contributed by atoms with Gasteiger partial charge in [0.25, 0.3) is 0 Å². The van der Waals surface area contributed by atoms with E-state index in [1.807, 2.05) is 30.3 Å². The number of benzene rings is 2. The highest BCUT2D eigenvalue weighted by Crippen LogP contribution is 2.17. The summed E-state index contributed by atoms with van der Waals surface area (Å²) in [5, 5.41) is 7.90. The van der Waals surface area contributed by atoms with Gasteiger partial charge in [0.2, 0.25) is 0 Å². The summed E-state index contributed by atoms with van der Waals surface area (Å²) in [6, 6.07) is 17.8. The van der Waals surface area contributed by atoms with Crippen molar-refractivity contribution in [1.82, 2.24) is 15.0 Å². The Morgan fingerprint density at radius 1 is 0.905 bits per heavy atom. The standard InChI is InChI=1S/C15H13N3O2S/c19-21(20,14-9-5-2-6-10-14)12-18-11-15(16-17-18)13-7-3-1-4-8-13/h1-11H,12H2. The van der Waals surface area contributed by atoms with E-state index in [0.29, 0.717) is 5.69 Å². The van der Waals surface area contributed by atoms with Gasteiger partial charge in [-0.1, -0.05) is 53.7 Å². The molecule has 5 nitrogen and oxygen atoms in total. The van der Waals surface area contributed by atoms with E-state index < -0.39 is 9.84 Å². The first kappa shape index (κ1) is 13.5. The van der Waals surface area contributed by atoms with Gasteiger partial charge in [0.15, 0.2) is 9.84 Å². The molecular weight excluding hydrogens is 286 g/mol. The van der Waals surface area contributed by atoms with Crippen molar-refractivity contribution >= 4 is 9.84 Å². The molecule has 0 fully saturated rings. The van der Waals surface area contributed by atoms with Crippen LogP contribution in [-0.4, -0.2) is 23.4 Å². The summed E-state index contributed by atoms with van der Waals surface area (Å²) in [6.07, 6.45) is 1.63. The monoisotopic (exact) mass is 299 g/mol. The number of hydrogen-bond acceptors (Lipinski definition) is 4. The average Bonchev–Trinajstić information content (AvgIpc) is 2.97. The van der Waals surface area contributed by atoms with E-state index >= 15 is 0 Å². The molecule has 0 saturated heterocycles. The molecule has 0 aliphatic rings. The van der Waals surface area contributed by atoms with Crippen molar-refractivity contribution in [3.8, 4) is 11.3 Å². The van der Waals surface area contributed by atoms with Crippen LogP contribution < -0.4 is 0 Å². The van der Waals surface area contributed by atoms with Gasteiger partial charge in [0, 0.05) is 5.56 Å². The Balaban J connectivity index is 1.85. The van der Waals surface area contributed by atoms with E-state index in [4.69, 9.17) is 0 Å². The molecule has 0 unspecified atom stereocenters. The lowest BCUT2D eigenvalue weighted by Gasteiger charge is -2.03. The summed E-state index contributed by atoms with van der Waals surface area (Å²) in [5.41, 5.74) is 1.56. The Labute approximate surface area is 122 Å². The van der Waals surface area contributed by atoms with Crippen LogP contribution in [0.25, 0.3) is 11.3 Å². The summed E-state index contributed by atoms with van der Waals surface area (Å²) in [5.74, 6) is -0.225. The predicted octanol–water partition coefficient (Wildman–Crippen LogP) is 2.38. The minimum atomic E-state index is -3.42. The normalized spacial score (nSPS) is 11.4. The third kappa shape index (κ3) is 3.00. The summed E-state index contributed by atoms with van der Waals surface area (Å²) in [4.78, 5) is 0.279. The maximum absolute atomic E-state index is 12.3. The second kappa shape index (κ2) is 5.49. The Morgan fingerprint density at radius 2 is 1.52 bits per heavy atom. The number of nitrogens with zero attached hydrogens (tertiary/aromatic N) is 3. The van der Waals surface area contributed by atoms with E-state index in [2.05, 4.69) is 10.3 Å². The van der Waals surface area contributed by atoms with Crippen molar-refractivity contribution in [3.05, 3.63) is 66.9 Å². The van der Waals surface area contributed by atoms with E-state index in [9.17, 15) is 8.42 Å². The van der Waals surface area contributed by atoms with Gasteiger partial charge in [-0.15, -0.1) is 5.10 Å². The van der Waals surface area contributed by atoms with Gasteiger partial charge in [-0.25, -0.2) is 13.1 Å². The lowest BCUT2D eigenvalue weighted by atomic mass is 10.2. The van der Waals surface area contributed by atoms with Crippen molar-refractivity contribution in [2.75, 3.05) is 0 Å². The zero-order chi connectivity index (χ0) is 14.7. The van der Waals surface area contributed by atoms with Gasteiger partial charge in [-0.2, -0.15) is 0 Å². The summed E-state index contributed by atoms with van der Waals surface area (Å²) >= 11 is 0. The van der Waals surface area contributed by atoms with E-state index in [-0.39, 0.29) is 10.8 Å². The molecule has 3 aromatic rings. The van der Waals surface area contributed by atoms with Crippen molar-refractivity contribution in [3.63, 3.8) is 0 Å². The first-order valence-corrected chi connectivity index (χ1v) is 8.04. The molecule has 0 aliphatic heterocycles. The fourth-order valence-electron chi connectivity index (χ4n) is 1.98. The van der Waals surface area contributed by atoms with Crippen LogP contribution in [0.2, 0.25) is 0 Å². The molecule has 0 bridgehead atoms. The van der Waals surface area contributed by atoms with E-state index in [1.165, 1.54) is 4.68 Å². The molecule has 1 aromatic heterocycles. The second-order valence-corrected chi connectivity index (χ2v) is 6.53. The van der Waals surface area contributed by atoms with Gasteiger partial charge in [0.05, 0.1) is 11.1 Å². The lowest BCUT2D eigenvalue weighted by Crippen LogP contribution is -2.11. The highest BCUT2D eigenvalue weighted by atomic mass is 32.2. The maximum atomic E-state index is 12.3. The Bertz CT molecular complexity index is 828. The molecule has 0 N–H and O–H groups in total. The van der Waals surface area contributed by atoms with Gasteiger partial charge >= 0.3 is 0 Å². The maximum Gasteiger partial charge on any atom is 0.198 e. The van der Waals surface area contributed by atoms with Crippen molar-refractivity contribution in [2.45, 2.75) is 10.8 Å². The predicted molar refractivity (Wildman–Crippen MR) is 79.1 cm³/mol. The van der Waals surface area contributed by atoms with Crippen LogP contribution in [0.4, 0.5) is 0 Å². The van der Waals surface area contributed by atoms with Crippen LogP contribution in [0, 0.1) is 0 Å². The molecule has 1 heterocycles. The van der Waals surface area contributed by atoms with Crippen molar-refractivity contribution in [2.24, 2.45) is 0 Å². The van der Waals surface area contributed by atoms with E-state index in [1.54, 1.807) is 36.5 Å². The molecular formula is C15H13N3O2S. The fraction of sp³-hybridized carbons (Fsp3) is 0.0667. The zero-order valence-electron chi connectivity index (χ0n) is 11.1. The van der Waals surface area contributed by atoms with Crippen LogP contribution >= 0.6 is 0 Å². The third-order valence-electron chi connectivity index (χ3n) is 3.01. The van der Waals surface area contributed by atoms with Gasteiger partial charge in [-0.05, 0) is 12.1 Å². The van der Waals surface area contributed by atoms with Gasteiger partial charge in [-0.3, -0.25) is 0 Å². The van der Waals surface area contributed by atoms with Gasteiger partial charge in [0.1, 0.15) is 11.6 Å². The van der Waals surface area contributed by atoms with Crippen LogP contribution in [0.15, 0.2) is 71.8 Å². The highest BCUT2D eigenvalue weighted by Gasteiger charge is 2.16.